The smallest absolute Gasteiger partial charge is 0.320 e. The molecular weight excluding hydrogens is 318 g/mol. The molecule has 0 unspecified atom stereocenters. The summed E-state index contributed by atoms with van der Waals surface area (Å²) in [7, 11) is 0. The van der Waals surface area contributed by atoms with Crippen LogP contribution in [0.3, 0.4) is 0 Å². The van der Waals surface area contributed by atoms with Gasteiger partial charge in [-0.15, -0.1) is 0 Å². The first-order chi connectivity index (χ1) is 12.1. The van der Waals surface area contributed by atoms with Gasteiger partial charge in [-0.2, -0.15) is 5.10 Å². The zero-order valence-electron chi connectivity index (χ0n) is 14.4. The lowest BCUT2D eigenvalue weighted by Crippen LogP contribution is -2.57. The number of hydrogen-bond acceptors (Lipinski definition) is 5. The van der Waals surface area contributed by atoms with Crippen molar-refractivity contribution in [3.05, 3.63) is 30.9 Å². The molecule has 2 N–H and O–H groups in total. The van der Waals surface area contributed by atoms with Crippen LogP contribution >= 0.6 is 0 Å². The molecule has 5 heterocycles. The summed E-state index contributed by atoms with van der Waals surface area (Å²) in [5, 5.41) is 9.94. The van der Waals surface area contributed by atoms with Crippen molar-refractivity contribution in [2.75, 3.05) is 31.5 Å². The van der Waals surface area contributed by atoms with Gasteiger partial charge in [-0.3, -0.25) is 5.32 Å². The van der Waals surface area contributed by atoms with Crippen molar-refractivity contribution in [2.24, 2.45) is 11.3 Å². The van der Waals surface area contributed by atoms with E-state index in [4.69, 9.17) is 0 Å². The van der Waals surface area contributed by atoms with Gasteiger partial charge in [0.25, 0.3) is 0 Å². The molecular formula is C17H23N7O. The van der Waals surface area contributed by atoms with Crippen molar-refractivity contribution in [3.63, 3.8) is 0 Å². The molecule has 0 saturated carbocycles. The lowest BCUT2D eigenvalue weighted by molar-refractivity contribution is -0.0140. The molecule has 25 heavy (non-hydrogen) atoms. The Balaban J connectivity index is 1.36. The van der Waals surface area contributed by atoms with Crippen LogP contribution in [-0.2, 0) is 0 Å². The third-order valence-corrected chi connectivity index (χ3v) is 5.44. The third-order valence-electron chi connectivity index (χ3n) is 5.44. The van der Waals surface area contributed by atoms with E-state index in [-0.39, 0.29) is 11.4 Å². The molecule has 3 aliphatic heterocycles. The number of anilines is 1. The second kappa shape index (κ2) is 6.44. The minimum absolute atomic E-state index is 0.153. The number of piperidine rings is 3. The molecule has 2 aromatic rings. The lowest BCUT2D eigenvalue weighted by Gasteiger charge is -2.51. The maximum Gasteiger partial charge on any atom is 0.320 e. The van der Waals surface area contributed by atoms with Crippen LogP contribution in [0.4, 0.5) is 10.6 Å². The van der Waals surface area contributed by atoms with Crippen molar-refractivity contribution in [2.45, 2.75) is 19.8 Å². The summed E-state index contributed by atoms with van der Waals surface area (Å²) < 4.78 is 1.62. The normalized spacial score (nSPS) is 27.9. The van der Waals surface area contributed by atoms with Crippen LogP contribution in [0.2, 0.25) is 0 Å². The molecule has 2 aromatic heterocycles. The molecule has 3 aliphatic rings. The average molecular weight is 341 g/mol. The lowest BCUT2D eigenvalue weighted by atomic mass is 9.68. The number of nitrogens with zero attached hydrogens (tertiary/aromatic N) is 5. The molecule has 0 spiro atoms. The van der Waals surface area contributed by atoms with Crippen LogP contribution in [0, 0.1) is 11.3 Å². The highest BCUT2D eigenvalue weighted by atomic mass is 16.2. The fourth-order valence-electron chi connectivity index (χ4n) is 4.02. The number of nitrogens with one attached hydrogen (secondary N) is 2. The Hall–Kier alpha value is -2.48. The maximum atomic E-state index is 12.3. The van der Waals surface area contributed by atoms with E-state index in [1.807, 2.05) is 6.07 Å². The molecule has 2 bridgehead atoms. The minimum Gasteiger partial charge on any atom is -0.337 e. The Kier molecular flexibility index (Phi) is 4.12. The Morgan fingerprint density at radius 3 is 2.88 bits per heavy atom. The number of fused-ring (bicyclic) bond motifs is 3. The van der Waals surface area contributed by atoms with Crippen LogP contribution in [0.15, 0.2) is 30.9 Å². The molecule has 8 nitrogen and oxygen atoms in total. The zero-order valence-corrected chi connectivity index (χ0v) is 14.4. The van der Waals surface area contributed by atoms with Crippen molar-refractivity contribution in [1.29, 1.82) is 0 Å². The van der Waals surface area contributed by atoms with Crippen LogP contribution < -0.4 is 10.6 Å². The summed E-state index contributed by atoms with van der Waals surface area (Å²) in [5.74, 6) is 1.76. The van der Waals surface area contributed by atoms with E-state index in [1.54, 1.807) is 23.1 Å². The van der Waals surface area contributed by atoms with Gasteiger partial charge in [-0.05, 0) is 37.9 Å². The SMILES string of the molecule is C[C@@]1(CNC(=O)Nc2cc(-n3cccn3)ncn2)CN2CCC1CC2. The minimum atomic E-state index is -0.234. The summed E-state index contributed by atoms with van der Waals surface area (Å²) in [4.78, 5) is 23.0. The van der Waals surface area contributed by atoms with E-state index in [2.05, 4.69) is 37.5 Å². The van der Waals surface area contributed by atoms with Gasteiger partial charge in [0.05, 0.1) is 0 Å². The summed E-state index contributed by atoms with van der Waals surface area (Å²) in [6, 6.07) is 3.28. The van der Waals surface area contributed by atoms with Gasteiger partial charge in [0, 0.05) is 37.0 Å². The number of hydrogen-bond donors (Lipinski definition) is 2. The molecule has 5 rings (SSSR count). The van der Waals surface area contributed by atoms with Gasteiger partial charge >= 0.3 is 6.03 Å². The average Bonchev–Trinajstić information content (AvgIpc) is 3.16. The van der Waals surface area contributed by atoms with Gasteiger partial charge in [0.1, 0.15) is 12.1 Å². The van der Waals surface area contributed by atoms with Gasteiger partial charge < -0.3 is 10.2 Å². The van der Waals surface area contributed by atoms with Gasteiger partial charge in [-0.1, -0.05) is 6.92 Å². The second-order valence-corrected chi connectivity index (χ2v) is 7.22. The van der Waals surface area contributed by atoms with Gasteiger partial charge in [0.15, 0.2) is 5.82 Å². The van der Waals surface area contributed by atoms with Crippen LogP contribution in [0.25, 0.3) is 5.82 Å². The van der Waals surface area contributed by atoms with Gasteiger partial charge in [0.2, 0.25) is 0 Å². The summed E-state index contributed by atoms with van der Waals surface area (Å²) >= 11 is 0. The van der Waals surface area contributed by atoms with Crippen LogP contribution in [0.5, 0.6) is 0 Å². The predicted octanol–water partition coefficient (Wildman–Crippen LogP) is 1.52. The highest BCUT2D eigenvalue weighted by Crippen LogP contribution is 2.41. The number of urea groups is 1. The fraction of sp³-hybridized carbons (Fsp3) is 0.529. The third kappa shape index (κ3) is 3.34. The number of carbonyl (C=O) groups is 1. The van der Waals surface area contributed by atoms with Crippen LogP contribution in [-0.4, -0.2) is 56.9 Å². The molecule has 132 valence electrons. The molecule has 8 heteroatoms. The quantitative estimate of drug-likeness (QED) is 0.880. The van der Waals surface area contributed by atoms with E-state index in [9.17, 15) is 4.79 Å². The van der Waals surface area contributed by atoms with Crippen LogP contribution in [0.1, 0.15) is 19.8 Å². The molecule has 3 saturated heterocycles. The van der Waals surface area contributed by atoms with E-state index >= 15 is 0 Å². The van der Waals surface area contributed by atoms with Crippen molar-refractivity contribution in [1.82, 2.24) is 30.0 Å². The summed E-state index contributed by atoms with van der Waals surface area (Å²) in [6.07, 6.45) is 7.36. The largest absolute Gasteiger partial charge is 0.337 e. The van der Waals surface area contributed by atoms with Crippen molar-refractivity contribution < 1.29 is 4.79 Å². The monoisotopic (exact) mass is 341 g/mol. The highest BCUT2D eigenvalue weighted by Gasteiger charge is 2.43. The Morgan fingerprint density at radius 1 is 1.36 bits per heavy atom. The first-order valence-electron chi connectivity index (χ1n) is 8.72. The van der Waals surface area contributed by atoms with E-state index < -0.39 is 0 Å². The first-order valence-corrected chi connectivity index (χ1v) is 8.72. The molecule has 3 fully saturated rings. The molecule has 2 amide bonds. The molecule has 0 aromatic carbocycles. The second-order valence-electron chi connectivity index (χ2n) is 7.22. The standard InChI is InChI=1S/C17H23N7O/c1-17(11-23-7-3-13(17)4-8-23)10-18-16(25)22-14-9-15(20-12-19-14)24-6-2-5-21-24/h2,5-6,9,12-13H,3-4,7-8,10-11H2,1H3,(H2,18,19,20,22,25)/t17-/m1/s1. The van der Waals surface area contributed by atoms with E-state index in [0.29, 0.717) is 24.1 Å². The first kappa shape index (κ1) is 16.0. The summed E-state index contributed by atoms with van der Waals surface area (Å²) in [5.41, 5.74) is 0.153. The van der Waals surface area contributed by atoms with Crippen molar-refractivity contribution >= 4 is 11.8 Å². The number of aromatic nitrogens is 4. The Morgan fingerprint density at radius 2 is 2.20 bits per heavy atom. The number of amides is 2. The predicted molar refractivity (Wildman–Crippen MR) is 93.4 cm³/mol. The molecule has 0 radical (unpaired) electrons. The highest BCUT2D eigenvalue weighted by molar-refractivity contribution is 5.88. The van der Waals surface area contributed by atoms with Crippen molar-refractivity contribution in [3.8, 4) is 5.82 Å². The van der Waals surface area contributed by atoms with Gasteiger partial charge in [-0.25, -0.2) is 19.4 Å². The number of rotatable bonds is 4. The number of carbonyl (C=O) groups excluding carboxylic acids is 1. The molecule has 0 aliphatic carbocycles. The summed E-state index contributed by atoms with van der Waals surface area (Å²) in [6.45, 7) is 6.42. The topological polar surface area (TPSA) is 88.0 Å². The Bertz CT molecular complexity index is 739. The fourth-order valence-corrected chi connectivity index (χ4v) is 4.02. The van der Waals surface area contributed by atoms with E-state index in [0.717, 1.165) is 6.54 Å². The molecule has 1 atom stereocenters. The zero-order chi connectivity index (χ0) is 17.3. The van der Waals surface area contributed by atoms with E-state index in [1.165, 1.54) is 32.3 Å². The Labute approximate surface area is 146 Å². The maximum absolute atomic E-state index is 12.3.